The SMILES string of the molecule is CCCC=CCCCCCCC(=O)[O-].CCCC=CCCCCCCC(=O)[O-].[Zn+2]. The molecule has 0 radical (unpaired) electrons. The van der Waals surface area contributed by atoms with Gasteiger partial charge in [-0.2, -0.15) is 0 Å². The van der Waals surface area contributed by atoms with Gasteiger partial charge in [-0.05, 0) is 64.2 Å². The first-order chi connectivity index (χ1) is 13.5. The van der Waals surface area contributed by atoms with Crippen LogP contribution in [0.15, 0.2) is 24.3 Å². The molecule has 5 heteroatoms. The maximum Gasteiger partial charge on any atom is 2.00 e. The largest absolute Gasteiger partial charge is 2.00 e. The standard InChI is InChI=1S/2C12H22O2.Zn/c2*1-2-3-4-5-6-7-8-9-10-11-12(13)14;/h2*4-5H,2-3,6-11H2,1H3,(H,13,14);/q;;+2/p-2. The molecule has 0 aromatic heterocycles. The molecule has 0 N–H and O–H groups in total. The number of hydrogen-bond acceptors (Lipinski definition) is 4. The molecule has 0 heterocycles. The molecular formula is C24H42O4Zn. The quantitative estimate of drug-likeness (QED) is 0.166. The molecule has 164 valence electrons. The Labute approximate surface area is 192 Å². The summed E-state index contributed by atoms with van der Waals surface area (Å²) in [6.07, 6.45) is 24.5. The van der Waals surface area contributed by atoms with E-state index >= 15 is 0 Å². The van der Waals surface area contributed by atoms with Gasteiger partial charge in [0.1, 0.15) is 0 Å². The molecule has 0 rings (SSSR count). The number of carbonyl (C=O) groups is 2. The Morgan fingerprint density at radius 1 is 0.552 bits per heavy atom. The topological polar surface area (TPSA) is 80.3 Å². The van der Waals surface area contributed by atoms with Gasteiger partial charge in [-0.15, -0.1) is 0 Å². The van der Waals surface area contributed by atoms with Gasteiger partial charge in [-0.1, -0.05) is 76.7 Å². The average Bonchev–Trinajstić information content (AvgIpc) is 2.65. The molecule has 4 nitrogen and oxygen atoms in total. The number of allylic oxidation sites excluding steroid dienone is 4. The molecule has 0 aromatic carbocycles. The Morgan fingerprint density at radius 3 is 1.17 bits per heavy atom. The van der Waals surface area contributed by atoms with Crippen LogP contribution >= 0.6 is 0 Å². The minimum absolute atomic E-state index is 0. The van der Waals surface area contributed by atoms with Crippen LogP contribution in [0.5, 0.6) is 0 Å². The van der Waals surface area contributed by atoms with Crippen LogP contribution in [0.25, 0.3) is 0 Å². The number of carboxylic acids is 2. The molecule has 0 saturated heterocycles. The summed E-state index contributed by atoms with van der Waals surface area (Å²) >= 11 is 0. The van der Waals surface area contributed by atoms with Gasteiger partial charge in [-0.3, -0.25) is 0 Å². The van der Waals surface area contributed by atoms with E-state index in [0.717, 1.165) is 51.4 Å². The fourth-order valence-electron chi connectivity index (χ4n) is 2.57. The van der Waals surface area contributed by atoms with E-state index in [4.69, 9.17) is 0 Å². The molecule has 0 aliphatic carbocycles. The zero-order valence-electron chi connectivity index (χ0n) is 19.0. The zero-order valence-corrected chi connectivity index (χ0v) is 21.9. The van der Waals surface area contributed by atoms with Crippen molar-refractivity contribution in [2.24, 2.45) is 0 Å². The number of carbonyl (C=O) groups excluding carboxylic acids is 2. The summed E-state index contributed by atoms with van der Waals surface area (Å²) in [5.41, 5.74) is 0. The van der Waals surface area contributed by atoms with Crippen molar-refractivity contribution in [2.45, 2.75) is 117 Å². The Morgan fingerprint density at radius 2 is 0.862 bits per heavy atom. The van der Waals surface area contributed by atoms with Crippen molar-refractivity contribution in [3.63, 3.8) is 0 Å². The fraction of sp³-hybridized carbons (Fsp3) is 0.750. The van der Waals surface area contributed by atoms with E-state index in [1.807, 2.05) is 0 Å². The molecule has 0 bridgehead atoms. The summed E-state index contributed by atoms with van der Waals surface area (Å²) in [6, 6.07) is 0. The molecule has 0 aliphatic rings. The predicted octanol–water partition coefficient (Wildman–Crippen LogP) is 4.86. The van der Waals surface area contributed by atoms with Gasteiger partial charge in [0.25, 0.3) is 0 Å². The number of rotatable bonds is 18. The Kier molecular flexibility index (Phi) is 33.0. The van der Waals surface area contributed by atoms with Crippen LogP contribution in [0.3, 0.4) is 0 Å². The van der Waals surface area contributed by atoms with Crippen LogP contribution < -0.4 is 10.2 Å². The third-order valence-electron chi connectivity index (χ3n) is 4.25. The van der Waals surface area contributed by atoms with E-state index in [1.165, 1.54) is 38.5 Å². The van der Waals surface area contributed by atoms with E-state index in [9.17, 15) is 19.8 Å². The first kappa shape index (κ1) is 32.7. The molecule has 0 fully saturated rings. The first-order valence-electron chi connectivity index (χ1n) is 11.2. The Hall–Kier alpha value is -0.957. The van der Waals surface area contributed by atoms with Crippen LogP contribution in [0.2, 0.25) is 0 Å². The van der Waals surface area contributed by atoms with E-state index in [-0.39, 0.29) is 32.3 Å². The number of carboxylic acid groups (broad SMARTS) is 2. The second kappa shape index (κ2) is 29.2. The Bertz CT molecular complexity index is 368. The third-order valence-corrected chi connectivity index (χ3v) is 4.25. The third kappa shape index (κ3) is 38.3. The van der Waals surface area contributed by atoms with Crippen molar-refractivity contribution in [1.82, 2.24) is 0 Å². The molecular weight excluding hydrogens is 418 g/mol. The minimum atomic E-state index is -0.923. The van der Waals surface area contributed by atoms with Crippen molar-refractivity contribution in [1.29, 1.82) is 0 Å². The Balaban J connectivity index is -0.000000451. The van der Waals surface area contributed by atoms with Gasteiger partial charge in [0.15, 0.2) is 0 Å². The number of unbranched alkanes of at least 4 members (excludes halogenated alkanes) is 10. The summed E-state index contributed by atoms with van der Waals surface area (Å²) in [5, 5.41) is 20.2. The summed E-state index contributed by atoms with van der Waals surface area (Å²) in [5.74, 6) is -1.85. The maximum atomic E-state index is 10.1. The van der Waals surface area contributed by atoms with E-state index in [2.05, 4.69) is 38.2 Å². The zero-order chi connectivity index (χ0) is 21.3. The van der Waals surface area contributed by atoms with Crippen molar-refractivity contribution >= 4 is 11.9 Å². The van der Waals surface area contributed by atoms with Gasteiger partial charge < -0.3 is 19.8 Å². The molecule has 0 aliphatic heterocycles. The van der Waals surface area contributed by atoms with Crippen LogP contribution in [-0.2, 0) is 29.1 Å². The molecule has 0 unspecified atom stereocenters. The molecule has 29 heavy (non-hydrogen) atoms. The van der Waals surface area contributed by atoms with E-state index in [1.54, 1.807) is 0 Å². The van der Waals surface area contributed by atoms with Gasteiger partial charge in [0.05, 0.1) is 0 Å². The van der Waals surface area contributed by atoms with Crippen LogP contribution in [-0.4, -0.2) is 11.9 Å². The second-order valence-electron chi connectivity index (χ2n) is 7.17. The van der Waals surface area contributed by atoms with Gasteiger partial charge in [0.2, 0.25) is 0 Å². The van der Waals surface area contributed by atoms with Crippen molar-refractivity contribution in [2.75, 3.05) is 0 Å². The molecule has 0 amide bonds. The summed E-state index contributed by atoms with van der Waals surface area (Å²) in [4.78, 5) is 20.2. The smallest absolute Gasteiger partial charge is 0.550 e. The van der Waals surface area contributed by atoms with Crippen molar-refractivity contribution in [3.8, 4) is 0 Å². The van der Waals surface area contributed by atoms with Crippen molar-refractivity contribution in [3.05, 3.63) is 24.3 Å². The minimum Gasteiger partial charge on any atom is -0.550 e. The number of aliphatic carboxylic acids is 2. The fourth-order valence-corrected chi connectivity index (χ4v) is 2.57. The molecule has 0 spiro atoms. The van der Waals surface area contributed by atoms with Crippen molar-refractivity contribution < 1.29 is 39.3 Å². The second-order valence-corrected chi connectivity index (χ2v) is 7.17. The maximum absolute atomic E-state index is 10.1. The normalized spacial score (nSPS) is 10.6. The monoisotopic (exact) mass is 458 g/mol. The van der Waals surface area contributed by atoms with Crippen LogP contribution in [0.4, 0.5) is 0 Å². The van der Waals surface area contributed by atoms with E-state index in [0.29, 0.717) is 0 Å². The number of hydrogen-bond donors (Lipinski definition) is 0. The summed E-state index contributed by atoms with van der Waals surface area (Å²) in [7, 11) is 0. The van der Waals surface area contributed by atoms with Gasteiger partial charge in [-0.25, -0.2) is 0 Å². The van der Waals surface area contributed by atoms with Gasteiger partial charge >= 0.3 is 19.5 Å². The average molecular weight is 460 g/mol. The van der Waals surface area contributed by atoms with Crippen LogP contribution in [0.1, 0.15) is 117 Å². The molecule has 0 aromatic rings. The van der Waals surface area contributed by atoms with Gasteiger partial charge in [0, 0.05) is 11.9 Å². The predicted molar refractivity (Wildman–Crippen MR) is 114 cm³/mol. The molecule has 0 atom stereocenters. The first-order valence-corrected chi connectivity index (χ1v) is 11.2. The summed E-state index contributed by atoms with van der Waals surface area (Å²) in [6.45, 7) is 4.34. The molecule has 0 saturated carbocycles. The van der Waals surface area contributed by atoms with E-state index < -0.39 is 11.9 Å². The van der Waals surface area contributed by atoms with Crippen LogP contribution in [0, 0.1) is 0 Å². The summed E-state index contributed by atoms with van der Waals surface area (Å²) < 4.78 is 0.